The molecule has 1 N–H and O–H groups in total. The van der Waals surface area contributed by atoms with E-state index in [1.807, 2.05) is 0 Å². The Labute approximate surface area is 182 Å². The molecule has 8 nitrogen and oxygen atoms in total. The van der Waals surface area contributed by atoms with Crippen LogP contribution in [0.15, 0.2) is 53.7 Å². The first kappa shape index (κ1) is 22.3. The van der Waals surface area contributed by atoms with Gasteiger partial charge in [0.15, 0.2) is 11.0 Å². The van der Waals surface area contributed by atoms with Gasteiger partial charge in [-0.3, -0.25) is 14.2 Å². The van der Waals surface area contributed by atoms with E-state index < -0.39 is 0 Å². The molecule has 3 rings (SSSR count). The van der Waals surface area contributed by atoms with Gasteiger partial charge in [-0.15, -0.1) is 10.2 Å². The van der Waals surface area contributed by atoms with Crippen molar-refractivity contribution in [2.75, 3.05) is 19.5 Å². The second kappa shape index (κ2) is 10.6. The van der Waals surface area contributed by atoms with Crippen LogP contribution in [0.4, 0.5) is 4.39 Å². The van der Waals surface area contributed by atoms with Gasteiger partial charge in [-0.2, -0.15) is 0 Å². The third-order valence-corrected chi connectivity index (χ3v) is 5.07. The maximum absolute atomic E-state index is 13.4. The van der Waals surface area contributed by atoms with Gasteiger partial charge in [-0.05, 0) is 43.3 Å². The minimum absolute atomic E-state index is 0.0424. The van der Waals surface area contributed by atoms with Crippen molar-refractivity contribution in [1.29, 1.82) is 0 Å². The number of nitrogens with zero attached hydrogens (tertiary/aromatic N) is 3. The van der Waals surface area contributed by atoms with E-state index in [0.717, 1.165) is 11.8 Å². The first-order valence-electron chi connectivity index (χ1n) is 9.43. The van der Waals surface area contributed by atoms with Crippen LogP contribution in [0.5, 0.6) is 5.75 Å². The molecule has 3 aromatic rings. The van der Waals surface area contributed by atoms with Crippen molar-refractivity contribution in [2.24, 2.45) is 0 Å². The van der Waals surface area contributed by atoms with Crippen LogP contribution in [-0.2, 0) is 16.1 Å². The molecule has 1 aromatic heterocycles. The van der Waals surface area contributed by atoms with Crippen molar-refractivity contribution >= 4 is 23.6 Å². The molecule has 1 amide bonds. The first-order chi connectivity index (χ1) is 15.0. The molecule has 0 bridgehead atoms. The molecule has 31 heavy (non-hydrogen) atoms. The van der Waals surface area contributed by atoms with E-state index in [2.05, 4.69) is 15.5 Å². The molecule has 0 spiro atoms. The second-order valence-electron chi connectivity index (χ2n) is 6.19. The van der Waals surface area contributed by atoms with Crippen LogP contribution in [0, 0.1) is 5.82 Å². The highest BCUT2D eigenvalue weighted by Gasteiger charge is 2.18. The minimum Gasteiger partial charge on any atom is -0.496 e. The maximum Gasteiger partial charge on any atom is 0.316 e. The largest absolute Gasteiger partial charge is 0.496 e. The highest BCUT2D eigenvalue weighted by Crippen LogP contribution is 2.23. The molecule has 2 aromatic carbocycles. The van der Waals surface area contributed by atoms with E-state index >= 15 is 0 Å². The van der Waals surface area contributed by atoms with Crippen LogP contribution in [-0.4, -0.2) is 46.1 Å². The van der Waals surface area contributed by atoms with Crippen molar-refractivity contribution < 1.29 is 23.5 Å². The molecule has 1 heterocycles. The number of thioether (sulfide) groups is 1. The molecule has 0 aliphatic heterocycles. The number of carbonyl (C=O) groups is 2. The van der Waals surface area contributed by atoms with Gasteiger partial charge in [0.25, 0.3) is 5.91 Å². The number of halogens is 1. The van der Waals surface area contributed by atoms with Gasteiger partial charge in [0.2, 0.25) is 0 Å². The van der Waals surface area contributed by atoms with Crippen LogP contribution in [0.1, 0.15) is 23.1 Å². The molecule has 0 saturated carbocycles. The number of hydrogen-bond acceptors (Lipinski definition) is 7. The number of ether oxygens (including phenoxy) is 2. The van der Waals surface area contributed by atoms with Gasteiger partial charge in [0.05, 0.1) is 31.6 Å². The summed E-state index contributed by atoms with van der Waals surface area (Å²) in [5, 5.41) is 11.5. The summed E-state index contributed by atoms with van der Waals surface area (Å²) in [7, 11) is 1.49. The maximum atomic E-state index is 13.4. The van der Waals surface area contributed by atoms with E-state index in [0.29, 0.717) is 28.0 Å². The van der Waals surface area contributed by atoms with Crippen molar-refractivity contribution in [3.63, 3.8) is 0 Å². The predicted molar refractivity (Wildman–Crippen MR) is 113 cm³/mol. The topological polar surface area (TPSA) is 95.3 Å². The molecule has 0 fully saturated rings. The molecule has 162 valence electrons. The monoisotopic (exact) mass is 444 g/mol. The number of esters is 1. The number of nitrogens with one attached hydrogen (secondary N) is 1. The van der Waals surface area contributed by atoms with Crippen molar-refractivity contribution in [3.8, 4) is 11.4 Å². The Morgan fingerprint density at radius 2 is 1.87 bits per heavy atom. The Morgan fingerprint density at radius 1 is 1.13 bits per heavy atom. The number of methoxy groups -OCH3 is 1. The molecule has 0 atom stereocenters. The summed E-state index contributed by atoms with van der Waals surface area (Å²) in [5.74, 6) is -0.199. The van der Waals surface area contributed by atoms with Crippen LogP contribution >= 0.6 is 11.8 Å². The van der Waals surface area contributed by atoms with Gasteiger partial charge in [0, 0.05) is 5.69 Å². The molecular formula is C21H21FN4O4S. The number of rotatable bonds is 9. The number of benzene rings is 2. The van der Waals surface area contributed by atoms with Crippen molar-refractivity contribution in [3.05, 3.63) is 65.7 Å². The average molecular weight is 444 g/mol. The predicted octanol–water partition coefficient (Wildman–Crippen LogP) is 3.00. The Hall–Kier alpha value is -3.40. The van der Waals surface area contributed by atoms with Gasteiger partial charge in [-0.1, -0.05) is 23.9 Å². The number of para-hydroxylation sites is 1. The smallest absolute Gasteiger partial charge is 0.316 e. The lowest BCUT2D eigenvalue weighted by Gasteiger charge is -2.12. The van der Waals surface area contributed by atoms with Gasteiger partial charge >= 0.3 is 5.97 Å². The molecule has 0 radical (unpaired) electrons. The highest BCUT2D eigenvalue weighted by atomic mass is 32.2. The van der Waals surface area contributed by atoms with Crippen LogP contribution in [0.3, 0.4) is 0 Å². The van der Waals surface area contributed by atoms with E-state index in [9.17, 15) is 14.0 Å². The van der Waals surface area contributed by atoms with Crippen molar-refractivity contribution in [1.82, 2.24) is 20.1 Å². The Bertz CT molecular complexity index is 1060. The summed E-state index contributed by atoms with van der Waals surface area (Å²) in [6.07, 6.45) is 0. The summed E-state index contributed by atoms with van der Waals surface area (Å²) in [6.45, 7) is 2.07. The number of hydrogen-bond donors (Lipinski definition) is 1. The highest BCUT2D eigenvalue weighted by molar-refractivity contribution is 7.99. The minimum atomic E-state index is -0.386. The number of aromatic nitrogens is 3. The van der Waals surface area contributed by atoms with E-state index in [4.69, 9.17) is 9.47 Å². The van der Waals surface area contributed by atoms with Gasteiger partial charge in [0.1, 0.15) is 11.6 Å². The SMILES string of the molecule is CCOC(=O)CSc1nnc(CNC(=O)c2ccccc2OC)n1-c1ccc(F)cc1. The standard InChI is InChI=1S/C21H21FN4O4S/c1-3-30-19(27)13-31-21-25-24-18(26(21)15-10-8-14(22)9-11-15)12-23-20(28)16-6-4-5-7-17(16)29-2/h4-11H,3,12-13H2,1-2H3,(H,23,28). The van der Waals surface area contributed by atoms with Gasteiger partial charge < -0.3 is 14.8 Å². The summed E-state index contributed by atoms with van der Waals surface area (Å²) in [6, 6.07) is 12.6. The second-order valence-corrected chi connectivity index (χ2v) is 7.13. The molecule has 0 unspecified atom stereocenters. The van der Waals surface area contributed by atoms with Crippen LogP contribution in [0.25, 0.3) is 5.69 Å². The quantitative estimate of drug-likeness (QED) is 0.400. The van der Waals surface area contributed by atoms with E-state index in [1.165, 1.54) is 19.2 Å². The van der Waals surface area contributed by atoms with Crippen LogP contribution in [0.2, 0.25) is 0 Å². The first-order valence-corrected chi connectivity index (χ1v) is 10.4. The molecule has 10 heteroatoms. The fraction of sp³-hybridized carbons (Fsp3) is 0.238. The lowest BCUT2D eigenvalue weighted by atomic mass is 10.2. The summed E-state index contributed by atoms with van der Waals surface area (Å²) in [4.78, 5) is 24.3. The fourth-order valence-corrected chi connectivity index (χ4v) is 3.54. The Kier molecular flexibility index (Phi) is 7.60. The zero-order chi connectivity index (χ0) is 22.2. The van der Waals surface area contributed by atoms with Crippen LogP contribution < -0.4 is 10.1 Å². The molecule has 0 aliphatic carbocycles. The van der Waals surface area contributed by atoms with E-state index in [-0.39, 0.29) is 36.6 Å². The fourth-order valence-electron chi connectivity index (χ4n) is 2.77. The third-order valence-electron chi connectivity index (χ3n) is 4.17. The van der Waals surface area contributed by atoms with Gasteiger partial charge in [-0.25, -0.2) is 4.39 Å². The zero-order valence-corrected chi connectivity index (χ0v) is 17.8. The third kappa shape index (κ3) is 5.60. The van der Waals surface area contributed by atoms with E-state index in [1.54, 1.807) is 47.9 Å². The summed E-state index contributed by atoms with van der Waals surface area (Å²) >= 11 is 1.14. The van der Waals surface area contributed by atoms with Crippen molar-refractivity contribution in [2.45, 2.75) is 18.6 Å². The lowest BCUT2D eigenvalue weighted by molar-refractivity contribution is -0.139. The zero-order valence-electron chi connectivity index (χ0n) is 17.0. The Morgan fingerprint density at radius 3 is 2.58 bits per heavy atom. The summed E-state index contributed by atoms with van der Waals surface area (Å²) in [5.41, 5.74) is 0.981. The molecular weight excluding hydrogens is 423 g/mol. The molecule has 0 saturated heterocycles. The average Bonchev–Trinajstić information content (AvgIpc) is 3.19. The lowest BCUT2D eigenvalue weighted by Crippen LogP contribution is -2.25. The normalized spacial score (nSPS) is 10.5. The Balaban J connectivity index is 1.83. The number of amides is 1. The number of carbonyl (C=O) groups excluding carboxylic acids is 2. The summed E-state index contributed by atoms with van der Waals surface area (Å²) < 4.78 is 25.2. The molecule has 0 aliphatic rings.